The van der Waals surface area contributed by atoms with E-state index in [9.17, 15) is 13.2 Å². The Balaban J connectivity index is 1.83. The number of carbonyl (C=O) groups excluding carboxylic acids is 1. The SMILES string of the molecule is CCCCC[C@@H](CC)n1c(NC(=O)c2ccc(Cl)cc2)c(S(=O)(=O)c2ccc(C)cc2)c2nc3ccccc3nc21. The fourth-order valence-corrected chi connectivity index (χ4v) is 6.78. The minimum atomic E-state index is -4.12. The summed E-state index contributed by atoms with van der Waals surface area (Å²) in [6.45, 7) is 6.11. The maximum absolute atomic E-state index is 14.4. The van der Waals surface area contributed by atoms with Crippen LogP contribution in [0.3, 0.4) is 0 Å². The van der Waals surface area contributed by atoms with Gasteiger partial charge in [0.15, 0.2) is 5.65 Å². The number of rotatable bonds is 10. The molecule has 1 amide bonds. The third-order valence-electron chi connectivity index (χ3n) is 7.37. The molecule has 1 atom stereocenters. The van der Waals surface area contributed by atoms with Gasteiger partial charge in [-0.25, -0.2) is 18.4 Å². The zero-order chi connectivity index (χ0) is 29.1. The van der Waals surface area contributed by atoms with Gasteiger partial charge in [-0.3, -0.25) is 4.79 Å². The van der Waals surface area contributed by atoms with Crippen LogP contribution in [0.5, 0.6) is 0 Å². The highest BCUT2D eigenvalue weighted by molar-refractivity contribution is 7.92. The molecule has 0 fully saturated rings. The number of halogens is 1. The lowest BCUT2D eigenvalue weighted by Gasteiger charge is -2.22. The van der Waals surface area contributed by atoms with E-state index in [1.54, 1.807) is 48.5 Å². The van der Waals surface area contributed by atoms with Gasteiger partial charge >= 0.3 is 0 Å². The van der Waals surface area contributed by atoms with Gasteiger partial charge in [0.2, 0.25) is 9.84 Å². The van der Waals surface area contributed by atoms with Crippen molar-refractivity contribution in [1.82, 2.24) is 14.5 Å². The number of hydrogen-bond acceptors (Lipinski definition) is 5. The lowest BCUT2D eigenvalue weighted by Crippen LogP contribution is -2.20. The van der Waals surface area contributed by atoms with Gasteiger partial charge in [0.05, 0.1) is 15.9 Å². The predicted octanol–water partition coefficient (Wildman–Crippen LogP) is 8.16. The van der Waals surface area contributed by atoms with Gasteiger partial charge in [-0.15, -0.1) is 0 Å². The zero-order valence-corrected chi connectivity index (χ0v) is 25.0. The Hall–Kier alpha value is -3.75. The van der Waals surface area contributed by atoms with Crippen molar-refractivity contribution in [3.05, 3.63) is 88.9 Å². The van der Waals surface area contributed by atoms with E-state index in [-0.39, 0.29) is 27.2 Å². The van der Waals surface area contributed by atoms with E-state index in [0.29, 0.717) is 27.3 Å². The van der Waals surface area contributed by atoms with Gasteiger partial charge in [0, 0.05) is 16.6 Å². The number of aromatic nitrogens is 3. The minimum Gasteiger partial charge on any atom is -0.307 e. The minimum absolute atomic E-state index is 0.0501. The van der Waals surface area contributed by atoms with Crippen LogP contribution in [0.1, 0.15) is 67.9 Å². The van der Waals surface area contributed by atoms with Gasteiger partial charge in [-0.05, 0) is 68.3 Å². The van der Waals surface area contributed by atoms with Crippen LogP contribution in [-0.4, -0.2) is 28.9 Å². The molecule has 212 valence electrons. The maximum Gasteiger partial charge on any atom is 0.256 e. The van der Waals surface area contributed by atoms with E-state index < -0.39 is 15.7 Å². The Morgan fingerprint density at radius 3 is 2.22 bits per heavy atom. The highest BCUT2D eigenvalue weighted by Crippen LogP contribution is 2.41. The Morgan fingerprint density at radius 2 is 1.59 bits per heavy atom. The summed E-state index contributed by atoms with van der Waals surface area (Å²) in [7, 11) is -4.12. The molecule has 0 bridgehead atoms. The number of unbranched alkanes of at least 4 members (excludes halogenated alkanes) is 2. The van der Waals surface area contributed by atoms with Gasteiger partial charge in [0.1, 0.15) is 16.2 Å². The Labute approximate surface area is 245 Å². The second-order valence-electron chi connectivity index (χ2n) is 10.3. The summed E-state index contributed by atoms with van der Waals surface area (Å²) >= 11 is 6.06. The number of sulfone groups is 1. The van der Waals surface area contributed by atoms with Crippen LogP contribution in [0.2, 0.25) is 5.02 Å². The molecule has 7 nitrogen and oxygen atoms in total. The molecule has 2 aromatic heterocycles. The van der Waals surface area contributed by atoms with Crippen LogP contribution in [0.15, 0.2) is 82.6 Å². The van der Waals surface area contributed by atoms with Crippen LogP contribution >= 0.6 is 11.6 Å². The average Bonchev–Trinajstić information content (AvgIpc) is 3.27. The fourth-order valence-electron chi connectivity index (χ4n) is 5.13. The number of anilines is 1. The molecule has 1 N–H and O–H groups in total. The molecule has 0 aliphatic carbocycles. The first-order valence-electron chi connectivity index (χ1n) is 13.9. The molecular weight excluding hydrogens is 556 g/mol. The number of fused-ring (bicyclic) bond motifs is 2. The van der Waals surface area contributed by atoms with Gasteiger partial charge in [-0.2, -0.15) is 0 Å². The quantitative estimate of drug-likeness (QED) is 0.166. The van der Waals surface area contributed by atoms with E-state index in [1.807, 2.05) is 35.8 Å². The molecular formula is C32H33ClN4O3S. The summed E-state index contributed by atoms with van der Waals surface area (Å²) < 4.78 is 30.7. The van der Waals surface area contributed by atoms with Crippen molar-refractivity contribution < 1.29 is 13.2 Å². The standard InChI is InChI=1S/C32H33ClN4O3S/c1-4-6-7-10-24(5-2)37-30-28(34-26-11-8-9-12-27(26)35-30)29(41(39,40)25-19-13-21(3)14-20-25)31(37)36-32(38)22-15-17-23(33)18-16-22/h8-9,11-20,24H,4-7,10H2,1-3H3,(H,36,38)/t24-/m1/s1. The van der Waals surface area contributed by atoms with Crippen molar-refractivity contribution in [2.45, 2.75) is 68.7 Å². The molecule has 0 spiro atoms. The van der Waals surface area contributed by atoms with E-state index >= 15 is 0 Å². The molecule has 0 saturated carbocycles. The second kappa shape index (κ2) is 12.0. The normalized spacial score (nSPS) is 12.6. The van der Waals surface area contributed by atoms with Crippen LogP contribution in [-0.2, 0) is 9.84 Å². The smallest absolute Gasteiger partial charge is 0.256 e. The van der Waals surface area contributed by atoms with Crippen molar-refractivity contribution in [1.29, 1.82) is 0 Å². The Bertz CT molecular complexity index is 1810. The van der Waals surface area contributed by atoms with E-state index in [4.69, 9.17) is 21.6 Å². The van der Waals surface area contributed by atoms with Crippen molar-refractivity contribution in [2.75, 3.05) is 5.32 Å². The third kappa shape index (κ3) is 5.72. The molecule has 0 aliphatic rings. The maximum atomic E-state index is 14.4. The van der Waals surface area contributed by atoms with Crippen LogP contribution in [0.4, 0.5) is 5.82 Å². The summed E-state index contributed by atoms with van der Waals surface area (Å²) in [4.78, 5) is 23.5. The number of aryl methyl sites for hydroxylation is 1. The molecule has 9 heteroatoms. The largest absolute Gasteiger partial charge is 0.307 e. The number of hydrogen-bond donors (Lipinski definition) is 1. The molecule has 0 unspecified atom stereocenters. The summed E-state index contributed by atoms with van der Waals surface area (Å²) in [6, 6.07) is 20.5. The van der Waals surface area contributed by atoms with Crippen LogP contribution in [0.25, 0.3) is 22.2 Å². The third-order valence-corrected chi connectivity index (χ3v) is 9.44. The monoisotopic (exact) mass is 588 g/mol. The molecule has 41 heavy (non-hydrogen) atoms. The molecule has 0 saturated heterocycles. The topological polar surface area (TPSA) is 94.0 Å². The predicted molar refractivity (Wildman–Crippen MR) is 165 cm³/mol. The first-order valence-corrected chi connectivity index (χ1v) is 15.8. The van der Waals surface area contributed by atoms with Gasteiger partial charge in [-0.1, -0.05) is 74.5 Å². The summed E-state index contributed by atoms with van der Waals surface area (Å²) in [5.41, 5.74) is 3.20. The summed E-state index contributed by atoms with van der Waals surface area (Å²) in [6.07, 6.45) is 4.58. The van der Waals surface area contributed by atoms with Gasteiger partial charge < -0.3 is 9.88 Å². The molecule has 5 aromatic rings. The number of nitrogens with zero attached hydrogens (tertiary/aromatic N) is 3. The number of nitrogens with one attached hydrogen (secondary N) is 1. The number of para-hydroxylation sites is 2. The van der Waals surface area contributed by atoms with Crippen LogP contribution < -0.4 is 5.32 Å². The number of benzene rings is 3. The lowest BCUT2D eigenvalue weighted by molar-refractivity contribution is 0.102. The van der Waals surface area contributed by atoms with Crippen molar-refractivity contribution >= 4 is 55.4 Å². The lowest BCUT2D eigenvalue weighted by atomic mass is 10.1. The molecule has 3 aromatic carbocycles. The van der Waals surface area contributed by atoms with Crippen molar-refractivity contribution in [2.24, 2.45) is 0 Å². The van der Waals surface area contributed by atoms with Gasteiger partial charge in [0.25, 0.3) is 5.91 Å². The fraction of sp³-hybridized carbons (Fsp3) is 0.281. The highest BCUT2D eigenvalue weighted by Gasteiger charge is 2.34. The highest BCUT2D eigenvalue weighted by atomic mass is 35.5. The molecule has 2 heterocycles. The Kier molecular flexibility index (Phi) is 8.42. The van der Waals surface area contributed by atoms with E-state index in [0.717, 1.165) is 37.7 Å². The molecule has 0 aliphatic heterocycles. The molecule has 5 rings (SSSR count). The van der Waals surface area contributed by atoms with Crippen LogP contribution in [0, 0.1) is 6.92 Å². The summed E-state index contributed by atoms with van der Waals surface area (Å²) in [5, 5.41) is 3.47. The van der Waals surface area contributed by atoms with E-state index in [1.165, 1.54) is 0 Å². The average molecular weight is 589 g/mol. The number of carbonyl (C=O) groups is 1. The Morgan fingerprint density at radius 1 is 0.927 bits per heavy atom. The zero-order valence-electron chi connectivity index (χ0n) is 23.4. The van der Waals surface area contributed by atoms with Crippen molar-refractivity contribution in [3.8, 4) is 0 Å². The first-order chi connectivity index (χ1) is 19.7. The molecule has 0 radical (unpaired) electrons. The van der Waals surface area contributed by atoms with E-state index in [2.05, 4.69) is 19.2 Å². The second-order valence-corrected chi connectivity index (χ2v) is 12.6. The first kappa shape index (κ1) is 28.8. The number of amides is 1. The summed E-state index contributed by atoms with van der Waals surface area (Å²) in [5.74, 6) is -0.266. The van der Waals surface area contributed by atoms with Crippen molar-refractivity contribution in [3.63, 3.8) is 0 Å².